The van der Waals surface area contributed by atoms with Gasteiger partial charge in [0.15, 0.2) is 5.69 Å². The number of aromatic nitrogens is 2. The Kier molecular flexibility index (Phi) is 3.82. The van der Waals surface area contributed by atoms with Gasteiger partial charge in [-0.2, -0.15) is 5.10 Å². The van der Waals surface area contributed by atoms with E-state index in [1.165, 1.54) is 4.90 Å². The van der Waals surface area contributed by atoms with Gasteiger partial charge in [-0.3, -0.25) is 9.48 Å². The maximum absolute atomic E-state index is 13.2. The molecule has 1 aliphatic heterocycles. The van der Waals surface area contributed by atoms with E-state index in [0.717, 1.165) is 48.1 Å². The van der Waals surface area contributed by atoms with Gasteiger partial charge in [0.1, 0.15) is 6.04 Å². The Morgan fingerprint density at radius 1 is 1.16 bits per heavy atom. The summed E-state index contributed by atoms with van der Waals surface area (Å²) in [5.74, 6) is -1.23. The number of benzene rings is 1. The SMILES string of the molecule is Cn1nc(C(=O)N2Cc3ccccc3C[C@@H]2C(=O)O)c2c1CCCC2. The summed E-state index contributed by atoms with van der Waals surface area (Å²) in [5.41, 5.74) is 4.56. The molecule has 6 nitrogen and oxygen atoms in total. The van der Waals surface area contributed by atoms with Crippen LogP contribution in [0.3, 0.4) is 0 Å². The van der Waals surface area contributed by atoms with Gasteiger partial charge in [0, 0.05) is 31.3 Å². The zero-order chi connectivity index (χ0) is 17.6. The molecule has 1 aliphatic carbocycles. The molecule has 25 heavy (non-hydrogen) atoms. The van der Waals surface area contributed by atoms with Crippen LogP contribution in [-0.4, -0.2) is 37.7 Å². The fourth-order valence-electron chi connectivity index (χ4n) is 4.04. The average Bonchev–Trinajstić information content (AvgIpc) is 2.97. The van der Waals surface area contributed by atoms with Gasteiger partial charge >= 0.3 is 5.97 Å². The molecular formula is C19H21N3O3. The second-order valence-corrected chi connectivity index (χ2v) is 6.86. The molecule has 1 N–H and O–H groups in total. The van der Waals surface area contributed by atoms with Crippen LogP contribution in [-0.2, 0) is 37.6 Å². The van der Waals surface area contributed by atoms with Crippen LogP contribution in [0.25, 0.3) is 0 Å². The number of carboxylic acid groups (broad SMARTS) is 1. The minimum absolute atomic E-state index is 0.263. The van der Waals surface area contributed by atoms with Crippen LogP contribution in [0.15, 0.2) is 24.3 Å². The van der Waals surface area contributed by atoms with Crippen LogP contribution in [0.5, 0.6) is 0 Å². The molecule has 2 aromatic rings. The van der Waals surface area contributed by atoms with Gasteiger partial charge in [-0.25, -0.2) is 4.79 Å². The summed E-state index contributed by atoms with van der Waals surface area (Å²) in [6, 6.07) is 6.89. The lowest BCUT2D eigenvalue weighted by atomic mass is 9.92. The van der Waals surface area contributed by atoms with Crippen LogP contribution < -0.4 is 0 Å². The van der Waals surface area contributed by atoms with E-state index >= 15 is 0 Å². The van der Waals surface area contributed by atoms with Crippen molar-refractivity contribution in [1.29, 1.82) is 0 Å². The minimum atomic E-state index is -0.965. The van der Waals surface area contributed by atoms with E-state index in [-0.39, 0.29) is 5.91 Å². The number of carbonyl (C=O) groups excluding carboxylic acids is 1. The van der Waals surface area contributed by atoms with Gasteiger partial charge in [0.25, 0.3) is 5.91 Å². The van der Waals surface area contributed by atoms with E-state index in [2.05, 4.69) is 5.10 Å². The molecule has 2 heterocycles. The number of aryl methyl sites for hydroxylation is 1. The highest BCUT2D eigenvalue weighted by atomic mass is 16.4. The molecule has 2 aliphatic rings. The van der Waals surface area contributed by atoms with Gasteiger partial charge < -0.3 is 10.0 Å². The molecule has 0 saturated carbocycles. The molecule has 0 saturated heterocycles. The number of hydrogen-bond donors (Lipinski definition) is 1. The largest absolute Gasteiger partial charge is 0.480 e. The number of nitrogens with zero attached hydrogens (tertiary/aromatic N) is 3. The van der Waals surface area contributed by atoms with Crippen molar-refractivity contribution in [3.63, 3.8) is 0 Å². The molecule has 1 atom stereocenters. The van der Waals surface area contributed by atoms with Crippen molar-refractivity contribution < 1.29 is 14.7 Å². The minimum Gasteiger partial charge on any atom is -0.480 e. The van der Waals surface area contributed by atoms with E-state index in [4.69, 9.17) is 0 Å². The highest BCUT2D eigenvalue weighted by Crippen LogP contribution is 2.29. The molecular weight excluding hydrogens is 318 g/mol. The van der Waals surface area contributed by atoms with Crippen LogP contribution in [0, 0.1) is 0 Å². The Morgan fingerprint density at radius 2 is 1.88 bits per heavy atom. The van der Waals surface area contributed by atoms with Crippen molar-refractivity contribution in [2.45, 2.75) is 44.7 Å². The number of amides is 1. The zero-order valence-corrected chi connectivity index (χ0v) is 14.2. The monoisotopic (exact) mass is 339 g/mol. The summed E-state index contributed by atoms with van der Waals surface area (Å²) in [6.45, 7) is 0.317. The van der Waals surface area contributed by atoms with Gasteiger partial charge in [0.05, 0.1) is 0 Å². The van der Waals surface area contributed by atoms with Crippen LogP contribution in [0.1, 0.15) is 45.7 Å². The molecule has 0 unspecified atom stereocenters. The third-order valence-electron chi connectivity index (χ3n) is 5.36. The predicted octanol–water partition coefficient (Wildman–Crippen LogP) is 1.95. The maximum atomic E-state index is 13.2. The van der Waals surface area contributed by atoms with E-state index < -0.39 is 12.0 Å². The van der Waals surface area contributed by atoms with Crippen molar-refractivity contribution in [3.05, 3.63) is 52.3 Å². The molecule has 0 spiro atoms. The standard InChI is InChI=1S/C19H21N3O3/c1-21-15-9-5-4-8-14(15)17(20-21)18(23)22-11-13-7-3-2-6-12(13)10-16(22)19(24)25/h2-3,6-7,16H,4-5,8-11H2,1H3,(H,24,25)/t16-/m1/s1. The molecule has 6 heteroatoms. The lowest BCUT2D eigenvalue weighted by Gasteiger charge is -2.34. The first-order valence-electron chi connectivity index (χ1n) is 8.71. The molecule has 1 aromatic carbocycles. The van der Waals surface area contributed by atoms with Crippen molar-refractivity contribution in [2.75, 3.05) is 0 Å². The summed E-state index contributed by atoms with van der Waals surface area (Å²) >= 11 is 0. The summed E-state index contributed by atoms with van der Waals surface area (Å²) in [4.78, 5) is 26.5. The zero-order valence-electron chi connectivity index (χ0n) is 14.2. The third-order valence-corrected chi connectivity index (χ3v) is 5.36. The Morgan fingerprint density at radius 3 is 2.64 bits per heavy atom. The molecule has 1 aromatic heterocycles. The van der Waals surface area contributed by atoms with Crippen molar-refractivity contribution in [1.82, 2.24) is 14.7 Å². The Balaban J connectivity index is 1.73. The van der Waals surface area contributed by atoms with Crippen LogP contribution in [0.4, 0.5) is 0 Å². The summed E-state index contributed by atoms with van der Waals surface area (Å²) in [5, 5.41) is 14.1. The highest BCUT2D eigenvalue weighted by Gasteiger charge is 2.37. The fourth-order valence-corrected chi connectivity index (χ4v) is 4.04. The van der Waals surface area contributed by atoms with E-state index in [1.807, 2.05) is 31.3 Å². The summed E-state index contributed by atoms with van der Waals surface area (Å²) in [7, 11) is 1.86. The van der Waals surface area contributed by atoms with Crippen molar-refractivity contribution >= 4 is 11.9 Å². The number of hydrogen-bond acceptors (Lipinski definition) is 3. The first-order chi connectivity index (χ1) is 12.1. The summed E-state index contributed by atoms with van der Waals surface area (Å²) < 4.78 is 1.79. The molecule has 1 amide bonds. The first-order valence-corrected chi connectivity index (χ1v) is 8.71. The number of rotatable bonds is 2. The van der Waals surface area contributed by atoms with Crippen LogP contribution in [0.2, 0.25) is 0 Å². The summed E-state index contributed by atoms with van der Waals surface area (Å²) in [6.07, 6.45) is 4.26. The van der Waals surface area contributed by atoms with Crippen molar-refractivity contribution in [2.24, 2.45) is 7.05 Å². The van der Waals surface area contributed by atoms with E-state index in [9.17, 15) is 14.7 Å². The van der Waals surface area contributed by atoms with Gasteiger partial charge in [-0.05, 0) is 36.8 Å². The lowest BCUT2D eigenvalue weighted by molar-refractivity contribution is -0.142. The Hall–Kier alpha value is -2.63. The lowest BCUT2D eigenvalue weighted by Crippen LogP contribution is -2.49. The molecule has 4 rings (SSSR count). The Bertz CT molecular complexity index is 856. The topological polar surface area (TPSA) is 75.4 Å². The van der Waals surface area contributed by atoms with Crippen molar-refractivity contribution in [3.8, 4) is 0 Å². The van der Waals surface area contributed by atoms with E-state index in [1.54, 1.807) is 4.68 Å². The third kappa shape index (κ3) is 2.62. The highest BCUT2D eigenvalue weighted by molar-refractivity contribution is 5.97. The smallest absolute Gasteiger partial charge is 0.326 e. The van der Waals surface area contributed by atoms with E-state index in [0.29, 0.717) is 18.7 Å². The maximum Gasteiger partial charge on any atom is 0.326 e. The second kappa shape index (κ2) is 6.02. The molecule has 0 fully saturated rings. The second-order valence-electron chi connectivity index (χ2n) is 6.86. The average molecular weight is 339 g/mol. The van der Waals surface area contributed by atoms with Gasteiger partial charge in [-0.15, -0.1) is 0 Å². The quantitative estimate of drug-likeness (QED) is 0.907. The number of carboxylic acids is 1. The van der Waals surface area contributed by atoms with Crippen LogP contribution >= 0.6 is 0 Å². The molecule has 130 valence electrons. The molecule has 0 bridgehead atoms. The van der Waals surface area contributed by atoms with Gasteiger partial charge in [0.2, 0.25) is 0 Å². The fraction of sp³-hybridized carbons (Fsp3) is 0.421. The Labute approximate surface area is 146 Å². The number of aliphatic carboxylic acids is 1. The molecule has 0 radical (unpaired) electrons. The normalized spacial score (nSPS) is 19.2. The predicted molar refractivity (Wildman–Crippen MR) is 91.3 cm³/mol. The van der Waals surface area contributed by atoms with Gasteiger partial charge in [-0.1, -0.05) is 24.3 Å². The first kappa shape index (κ1) is 15.9. The number of carbonyl (C=O) groups is 2. The number of fused-ring (bicyclic) bond motifs is 2.